The van der Waals surface area contributed by atoms with Gasteiger partial charge in [-0.15, -0.1) is 0 Å². The van der Waals surface area contributed by atoms with Crippen LogP contribution in [-0.2, 0) is 9.59 Å². The van der Waals surface area contributed by atoms with Crippen molar-refractivity contribution in [3.05, 3.63) is 0 Å². The van der Waals surface area contributed by atoms with E-state index < -0.39 is 11.0 Å². The molecule has 1 aliphatic heterocycles. The maximum absolute atomic E-state index is 11.9. The zero-order valence-electron chi connectivity index (χ0n) is 8.70. The van der Waals surface area contributed by atoms with Gasteiger partial charge in [-0.25, -0.2) is 0 Å². The first-order valence-electron chi connectivity index (χ1n) is 4.83. The molecule has 2 fully saturated rings. The minimum atomic E-state index is -1.19. The number of Topliss-reactive ketones (excluding diaryl/α,β-unsaturated/α-hetero) is 1. The molecule has 2 atom stereocenters. The van der Waals surface area contributed by atoms with Gasteiger partial charge in [-0.1, -0.05) is 20.8 Å². The second-order valence-electron chi connectivity index (χ2n) is 5.25. The minimum Gasteiger partial charge on any atom is -0.380 e. The topological polar surface area (TPSA) is 57.6 Å². The van der Waals surface area contributed by atoms with Gasteiger partial charge in [0.1, 0.15) is 5.60 Å². The number of carbonyl (C=O) groups excluding carboxylic acids is 2. The van der Waals surface area contributed by atoms with Crippen LogP contribution in [0.5, 0.6) is 0 Å². The lowest BCUT2D eigenvalue weighted by molar-refractivity contribution is -0.140. The van der Waals surface area contributed by atoms with Crippen LogP contribution in [0.4, 0.5) is 0 Å². The summed E-state index contributed by atoms with van der Waals surface area (Å²) in [6.07, 6.45) is 0.424. The first kappa shape index (κ1) is 9.65. The molecule has 4 nitrogen and oxygen atoms in total. The highest BCUT2D eigenvalue weighted by atomic mass is 16.3. The molecule has 0 aromatic heterocycles. The second kappa shape index (κ2) is 2.37. The largest absolute Gasteiger partial charge is 0.380 e. The molecular weight excluding hydrogens is 182 g/mol. The van der Waals surface area contributed by atoms with E-state index in [4.69, 9.17) is 0 Å². The number of rotatable bonds is 0. The molecule has 0 radical (unpaired) electrons. The third kappa shape index (κ3) is 1.10. The number of hydrogen-bond acceptors (Lipinski definition) is 3. The van der Waals surface area contributed by atoms with Crippen molar-refractivity contribution in [3.8, 4) is 0 Å². The summed E-state index contributed by atoms with van der Waals surface area (Å²) in [7, 11) is 0. The molecule has 0 aromatic rings. The fourth-order valence-corrected chi connectivity index (χ4v) is 1.95. The van der Waals surface area contributed by atoms with Gasteiger partial charge in [0.25, 0.3) is 0 Å². The molecule has 0 aromatic carbocycles. The summed E-state index contributed by atoms with van der Waals surface area (Å²) in [6, 6.07) is -0.248. The van der Waals surface area contributed by atoms with E-state index >= 15 is 0 Å². The smallest absolute Gasteiger partial charge is 0.228 e. The Kier molecular flexibility index (Phi) is 1.63. The predicted octanol–water partition coefficient (Wildman–Crippen LogP) is -0.0528. The Morgan fingerprint density at radius 1 is 1.57 bits per heavy atom. The number of likely N-dealkylation sites (tertiary alicyclic amines) is 1. The van der Waals surface area contributed by atoms with Crippen LogP contribution in [0, 0.1) is 5.41 Å². The molecule has 1 aliphatic carbocycles. The Bertz CT molecular complexity index is 318. The zero-order valence-corrected chi connectivity index (χ0v) is 8.70. The van der Waals surface area contributed by atoms with Crippen LogP contribution >= 0.6 is 0 Å². The van der Waals surface area contributed by atoms with Crippen molar-refractivity contribution in [2.75, 3.05) is 6.54 Å². The Balaban J connectivity index is 2.17. The first-order valence-corrected chi connectivity index (χ1v) is 4.83. The summed E-state index contributed by atoms with van der Waals surface area (Å²) in [6.45, 7) is 5.54. The van der Waals surface area contributed by atoms with Crippen molar-refractivity contribution >= 4 is 11.7 Å². The Morgan fingerprint density at radius 2 is 2.14 bits per heavy atom. The van der Waals surface area contributed by atoms with Crippen molar-refractivity contribution in [2.24, 2.45) is 5.41 Å². The number of aliphatic hydroxyl groups is 1. The van der Waals surface area contributed by atoms with Crippen LogP contribution < -0.4 is 0 Å². The summed E-state index contributed by atoms with van der Waals surface area (Å²) < 4.78 is 0. The fraction of sp³-hybridized carbons (Fsp3) is 0.800. The molecule has 2 rings (SSSR count). The molecule has 14 heavy (non-hydrogen) atoms. The lowest BCUT2D eigenvalue weighted by Crippen LogP contribution is -2.40. The van der Waals surface area contributed by atoms with E-state index in [-0.39, 0.29) is 24.3 Å². The van der Waals surface area contributed by atoms with E-state index in [0.29, 0.717) is 6.42 Å². The molecule has 0 bridgehead atoms. The Labute approximate surface area is 82.9 Å². The van der Waals surface area contributed by atoms with E-state index in [1.54, 1.807) is 0 Å². The van der Waals surface area contributed by atoms with E-state index in [0.717, 1.165) is 0 Å². The number of fused-ring (bicyclic) bond motifs is 1. The third-order valence-electron chi connectivity index (χ3n) is 2.97. The van der Waals surface area contributed by atoms with Gasteiger partial charge in [0.15, 0.2) is 5.78 Å². The SMILES string of the molecule is CC(C)(C)C(=O)N1CC(=O)[C@]2(O)CC12. The summed E-state index contributed by atoms with van der Waals surface area (Å²) >= 11 is 0. The van der Waals surface area contributed by atoms with Crippen LogP contribution in [0.25, 0.3) is 0 Å². The monoisotopic (exact) mass is 197 g/mol. The van der Waals surface area contributed by atoms with Gasteiger partial charge in [-0.05, 0) is 0 Å². The number of amides is 1. The molecule has 0 spiro atoms. The van der Waals surface area contributed by atoms with Crippen molar-refractivity contribution in [3.63, 3.8) is 0 Å². The Hall–Kier alpha value is -0.900. The number of piperidine rings is 1. The molecule has 4 heteroatoms. The fourth-order valence-electron chi connectivity index (χ4n) is 1.95. The third-order valence-corrected chi connectivity index (χ3v) is 2.97. The number of hydrogen-bond donors (Lipinski definition) is 1. The molecule has 1 saturated carbocycles. The van der Waals surface area contributed by atoms with Gasteiger partial charge in [0, 0.05) is 11.8 Å². The van der Waals surface area contributed by atoms with Crippen LogP contribution in [0.15, 0.2) is 0 Å². The second-order valence-corrected chi connectivity index (χ2v) is 5.25. The highest BCUT2D eigenvalue weighted by molar-refractivity contribution is 6.01. The summed E-state index contributed by atoms with van der Waals surface area (Å²) in [4.78, 5) is 24.7. The lowest BCUT2D eigenvalue weighted by Gasteiger charge is -2.25. The maximum atomic E-state index is 11.9. The molecule has 1 unspecified atom stereocenters. The van der Waals surface area contributed by atoms with Gasteiger partial charge in [-0.2, -0.15) is 0 Å². The number of nitrogens with zero attached hydrogens (tertiary/aromatic N) is 1. The highest BCUT2D eigenvalue weighted by Gasteiger charge is 2.68. The van der Waals surface area contributed by atoms with E-state index in [1.807, 2.05) is 20.8 Å². The van der Waals surface area contributed by atoms with Gasteiger partial charge < -0.3 is 10.0 Å². The first-order chi connectivity index (χ1) is 6.27. The quantitative estimate of drug-likeness (QED) is 0.592. The average Bonchev–Trinajstić information content (AvgIpc) is 2.65. The van der Waals surface area contributed by atoms with Crippen LogP contribution in [-0.4, -0.2) is 39.9 Å². The average molecular weight is 197 g/mol. The standard InChI is InChI=1S/C10H15NO3/c1-9(2,3)8(13)11-5-7(12)10(14)4-6(10)11/h6,14H,4-5H2,1-3H3/t6?,10-/m0/s1. The van der Waals surface area contributed by atoms with Crippen molar-refractivity contribution in [1.29, 1.82) is 0 Å². The van der Waals surface area contributed by atoms with Gasteiger partial charge in [0.05, 0.1) is 12.6 Å². The van der Waals surface area contributed by atoms with E-state index in [9.17, 15) is 14.7 Å². The summed E-state index contributed by atoms with van der Waals surface area (Å²) in [5.41, 5.74) is -1.67. The van der Waals surface area contributed by atoms with Crippen LogP contribution in [0.1, 0.15) is 27.2 Å². The minimum absolute atomic E-state index is 0.0516. The summed E-state index contributed by atoms with van der Waals surface area (Å²) in [5.74, 6) is -0.260. The molecule has 2 aliphatic rings. The molecule has 1 amide bonds. The van der Waals surface area contributed by atoms with Crippen molar-refractivity contribution in [1.82, 2.24) is 4.90 Å². The molecule has 1 heterocycles. The number of carbonyl (C=O) groups is 2. The molecule has 1 saturated heterocycles. The molecule has 78 valence electrons. The van der Waals surface area contributed by atoms with E-state index in [1.165, 1.54) is 4.90 Å². The zero-order chi connectivity index (χ0) is 10.7. The molecular formula is C10H15NO3. The van der Waals surface area contributed by atoms with E-state index in [2.05, 4.69) is 0 Å². The molecule has 1 N–H and O–H groups in total. The van der Waals surface area contributed by atoms with Crippen molar-refractivity contribution < 1.29 is 14.7 Å². The van der Waals surface area contributed by atoms with Crippen LogP contribution in [0.2, 0.25) is 0 Å². The van der Waals surface area contributed by atoms with Gasteiger partial charge >= 0.3 is 0 Å². The number of ketones is 1. The lowest BCUT2D eigenvalue weighted by atomic mass is 9.95. The highest BCUT2D eigenvalue weighted by Crippen LogP contribution is 2.47. The van der Waals surface area contributed by atoms with Crippen LogP contribution in [0.3, 0.4) is 0 Å². The van der Waals surface area contributed by atoms with Gasteiger partial charge in [0.2, 0.25) is 5.91 Å². The van der Waals surface area contributed by atoms with Crippen molar-refractivity contribution in [2.45, 2.75) is 38.8 Å². The van der Waals surface area contributed by atoms with Gasteiger partial charge in [-0.3, -0.25) is 9.59 Å². The summed E-state index contributed by atoms with van der Waals surface area (Å²) in [5, 5.41) is 9.68. The normalized spacial score (nSPS) is 35.9. The Morgan fingerprint density at radius 3 is 2.43 bits per heavy atom. The predicted molar refractivity (Wildman–Crippen MR) is 49.5 cm³/mol. The maximum Gasteiger partial charge on any atom is 0.228 e.